The SMILES string of the molecule is CC[C@@H](NC(=O)c1nnn(-c2ccccc2)c1-n1cccc1)c1cccs1. The fraction of sp³-hybridized carbons (Fsp3) is 0.150. The first-order chi connectivity index (χ1) is 13.3. The van der Waals surface area contributed by atoms with Gasteiger partial charge in [-0.25, -0.2) is 0 Å². The van der Waals surface area contributed by atoms with Crippen molar-refractivity contribution in [2.45, 2.75) is 19.4 Å². The van der Waals surface area contributed by atoms with Crippen LogP contribution in [-0.2, 0) is 0 Å². The van der Waals surface area contributed by atoms with E-state index in [4.69, 9.17) is 0 Å². The largest absolute Gasteiger partial charge is 0.343 e. The van der Waals surface area contributed by atoms with Gasteiger partial charge in [-0.3, -0.25) is 4.79 Å². The van der Waals surface area contributed by atoms with Crippen molar-refractivity contribution in [1.82, 2.24) is 24.9 Å². The molecule has 0 aliphatic heterocycles. The van der Waals surface area contributed by atoms with E-state index in [1.54, 1.807) is 16.0 Å². The second-order valence-electron chi connectivity index (χ2n) is 6.05. The van der Waals surface area contributed by atoms with Gasteiger partial charge < -0.3 is 9.88 Å². The number of nitrogens with one attached hydrogen (secondary N) is 1. The fourth-order valence-electron chi connectivity index (χ4n) is 2.96. The minimum absolute atomic E-state index is 0.0445. The van der Waals surface area contributed by atoms with Gasteiger partial charge in [0.25, 0.3) is 5.91 Å². The van der Waals surface area contributed by atoms with Gasteiger partial charge in [-0.2, -0.15) is 4.68 Å². The van der Waals surface area contributed by atoms with Crippen LogP contribution >= 0.6 is 11.3 Å². The van der Waals surface area contributed by atoms with Gasteiger partial charge in [-0.05, 0) is 42.1 Å². The molecule has 27 heavy (non-hydrogen) atoms. The molecule has 6 nitrogen and oxygen atoms in total. The monoisotopic (exact) mass is 377 g/mol. The number of thiophene rings is 1. The minimum Gasteiger partial charge on any atom is -0.343 e. The van der Waals surface area contributed by atoms with E-state index in [1.165, 1.54) is 0 Å². The Kier molecular flexibility index (Phi) is 4.84. The summed E-state index contributed by atoms with van der Waals surface area (Å²) in [4.78, 5) is 14.2. The third kappa shape index (κ3) is 3.41. The third-order valence-electron chi connectivity index (χ3n) is 4.31. The van der Waals surface area contributed by atoms with Crippen LogP contribution < -0.4 is 5.32 Å². The standard InChI is InChI=1S/C20H19N5OS/c1-2-16(17-11-8-14-27-17)21-19(26)18-20(24-12-6-7-13-24)25(23-22-18)15-9-4-3-5-10-15/h3-14,16H,2H2,1H3,(H,21,26)/t16-/m1/s1. The Morgan fingerprint density at radius 1 is 1.11 bits per heavy atom. The molecule has 0 unspecified atom stereocenters. The molecule has 1 aromatic carbocycles. The number of aromatic nitrogens is 4. The number of para-hydroxylation sites is 1. The number of nitrogens with zero attached hydrogens (tertiary/aromatic N) is 4. The zero-order valence-corrected chi connectivity index (χ0v) is 15.6. The molecule has 0 aliphatic carbocycles. The van der Waals surface area contributed by atoms with Crippen molar-refractivity contribution in [1.29, 1.82) is 0 Å². The average molecular weight is 377 g/mol. The number of hydrogen-bond acceptors (Lipinski definition) is 4. The minimum atomic E-state index is -0.235. The summed E-state index contributed by atoms with van der Waals surface area (Å²) < 4.78 is 3.54. The summed E-state index contributed by atoms with van der Waals surface area (Å²) in [6.07, 6.45) is 4.56. The lowest BCUT2D eigenvalue weighted by Gasteiger charge is -2.15. The van der Waals surface area contributed by atoms with E-state index in [2.05, 4.69) is 22.6 Å². The van der Waals surface area contributed by atoms with E-state index in [0.29, 0.717) is 11.5 Å². The number of hydrogen-bond donors (Lipinski definition) is 1. The number of rotatable bonds is 6. The number of carbonyl (C=O) groups excluding carboxylic acids is 1. The Morgan fingerprint density at radius 2 is 1.89 bits per heavy atom. The second kappa shape index (κ2) is 7.59. The van der Waals surface area contributed by atoms with Crippen LogP contribution in [0.3, 0.4) is 0 Å². The Balaban J connectivity index is 1.72. The van der Waals surface area contributed by atoms with Crippen molar-refractivity contribution in [2.24, 2.45) is 0 Å². The highest BCUT2D eigenvalue weighted by Crippen LogP contribution is 2.23. The summed E-state index contributed by atoms with van der Waals surface area (Å²) >= 11 is 1.64. The number of carbonyl (C=O) groups is 1. The van der Waals surface area contributed by atoms with Gasteiger partial charge in [0, 0.05) is 17.3 Å². The van der Waals surface area contributed by atoms with Crippen molar-refractivity contribution >= 4 is 17.2 Å². The van der Waals surface area contributed by atoms with E-state index >= 15 is 0 Å². The second-order valence-corrected chi connectivity index (χ2v) is 7.03. The van der Waals surface area contributed by atoms with Gasteiger partial charge in [-0.1, -0.05) is 36.4 Å². The zero-order chi connectivity index (χ0) is 18.6. The maximum atomic E-state index is 13.0. The quantitative estimate of drug-likeness (QED) is 0.552. The Morgan fingerprint density at radius 3 is 2.56 bits per heavy atom. The van der Waals surface area contributed by atoms with E-state index in [1.807, 2.05) is 76.9 Å². The molecule has 0 fully saturated rings. The fourth-order valence-corrected chi connectivity index (χ4v) is 3.83. The van der Waals surface area contributed by atoms with E-state index in [-0.39, 0.29) is 11.9 Å². The van der Waals surface area contributed by atoms with Crippen LogP contribution in [0.25, 0.3) is 11.5 Å². The smallest absolute Gasteiger partial charge is 0.276 e. The Bertz CT molecular complexity index is 1010. The number of amides is 1. The van der Waals surface area contributed by atoms with E-state index in [9.17, 15) is 4.79 Å². The number of benzene rings is 1. The first-order valence-electron chi connectivity index (χ1n) is 8.76. The van der Waals surface area contributed by atoms with Gasteiger partial charge in [0.1, 0.15) is 0 Å². The van der Waals surface area contributed by atoms with Crippen LogP contribution in [0.4, 0.5) is 0 Å². The van der Waals surface area contributed by atoms with E-state index in [0.717, 1.165) is 17.0 Å². The van der Waals surface area contributed by atoms with Crippen molar-refractivity contribution in [2.75, 3.05) is 0 Å². The molecule has 7 heteroatoms. The van der Waals surface area contributed by atoms with Crippen LogP contribution in [-0.4, -0.2) is 25.5 Å². The summed E-state index contributed by atoms with van der Waals surface area (Å²) in [7, 11) is 0. The summed E-state index contributed by atoms with van der Waals surface area (Å²) in [6.45, 7) is 2.05. The van der Waals surface area contributed by atoms with Crippen LogP contribution in [0.2, 0.25) is 0 Å². The first-order valence-corrected chi connectivity index (χ1v) is 9.64. The van der Waals surface area contributed by atoms with Crippen LogP contribution in [0.15, 0.2) is 72.4 Å². The summed E-state index contributed by atoms with van der Waals surface area (Å²) in [5.41, 5.74) is 1.14. The highest BCUT2D eigenvalue weighted by atomic mass is 32.1. The Hall–Kier alpha value is -3.19. The first kappa shape index (κ1) is 17.2. The molecule has 3 heterocycles. The predicted molar refractivity (Wildman–Crippen MR) is 106 cm³/mol. The lowest BCUT2D eigenvalue weighted by atomic mass is 10.2. The van der Waals surface area contributed by atoms with Gasteiger partial charge in [-0.15, -0.1) is 16.4 Å². The predicted octanol–water partition coefficient (Wildman–Crippen LogP) is 4.00. The molecule has 0 bridgehead atoms. The van der Waals surface area contributed by atoms with Crippen LogP contribution in [0.1, 0.15) is 34.8 Å². The molecule has 1 atom stereocenters. The van der Waals surface area contributed by atoms with Crippen molar-refractivity contribution in [3.05, 3.63) is 82.9 Å². The van der Waals surface area contributed by atoms with Crippen molar-refractivity contribution in [3.63, 3.8) is 0 Å². The third-order valence-corrected chi connectivity index (χ3v) is 5.30. The molecule has 0 radical (unpaired) electrons. The maximum absolute atomic E-state index is 13.0. The van der Waals surface area contributed by atoms with Crippen LogP contribution in [0.5, 0.6) is 0 Å². The summed E-state index contributed by atoms with van der Waals surface area (Å²) in [5, 5.41) is 13.6. The van der Waals surface area contributed by atoms with Gasteiger partial charge in [0.15, 0.2) is 11.5 Å². The van der Waals surface area contributed by atoms with E-state index < -0.39 is 0 Å². The van der Waals surface area contributed by atoms with Gasteiger partial charge in [0.05, 0.1) is 11.7 Å². The lowest BCUT2D eigenvalue weighted by Crippen LogP contribution is -2.29. The molecule has 1 N–H and O–H groups in total. The molecular weight excluding hydrogens is 358 g/mol. The molecule has 0 saturated heterocycles. The molecular formula is C20H19N5OS. The maximum Gasteiger partial charge on any atom is 0.276 e. The molecule has 3 aromatic heterocycles. The molecule has 4 aromatic rings. The highest BCUT2D eigenvalue weighted by Gasteiger charge is 2.24. The molecule has 0 saturated carbocycles. The molecule has 0 spiro atoms. The van der Waals surface area contributed by atoms with Crippen LogP contribution in [0, 0.1) is 0 Å². The van der Waals surface area contributed by atoms with Gasteiger partial charge >= 0.3 is 0 Å². The van der Waals surface area contributed by atoms with Crippen molar-refractivity contribution < 1.29 is 4.79 Å². The average Bonchev–Trinajstić information content (AvgIpc) is 3.47. The van der Waals surface area contributed by atoms with Crippen molar-refractivity contribution in [3.8, 4) is 11.5 Å². The highest BCUT2D eigenvalue weighted by molar-refractivity contribution is 7.10. The molecule has 136 valence electrons. The van der Waals surface area contributed by atoms with Gasteiger partial charge in [0.2, 0.25) is 0 Å². The zero-order valence-electron chi connectivity index (χ0n) is 14.8. The topological polar surface area (TPSA) is 64.7 Å². The normalized spacial score (nSPS) is 12.0. The molecule has 4 rings (SSSR count). The summed E-state index contributed by atoms with van der Waals surface area (Å²) in [5.74, 6) is 0.380. The summed E-state index contributed by atoms with van der Waals surface area (Å²) in [6, 6.07) is 17.5. The molecule has 0 aliphatic rings. The lowest BCUT2D eigenvalue weighted by molar-refractivity contribution is 0.0931. The Labute approximate surface area is 161 Å². The molecule has 1 amide bonds.